The van der Waals surface area contributed by atoms with E-state index in [1.807, 2.05) is 14.0 Å². The van der Waals surface area contributed by atoms with Gasteiger partial charge in [0, 0.05) is 13.6 Å². The summed E-state index contributed by atoms with van der Waals surface area (Å²) in [5, 5.41) is 8.53. The number of hydrogen-bond donors (Lipinski definition) is 0. The Morgan fingerprint density at radius 2 is 2.04 bits per heavy atom. The van der Waals surface area contributed by atoms with E-state index >= 15 is 0 Å². The highest BCUT2D eigenvalue weighted by Crippen LogP contribution is 2.34. The summed E-state index contributed by atoms with van der Waals surface area (Å²) in [6, 6.07) is 8.79. The van der Waals surface area contributed by atoms with Gasteiger partial charge in [0.2, 0.25) is 0 Å². The Kier molecular flexibility index (Phi) is 3.84. The third-order valence-electron chi connectivity index (χ3n) is 5.19. The van der Waals surface area contributed by atoms with Crippen molar-refractivity contribution in [2.75, 3.05) is 6.54 Å². The number of aromatic nitrogens is 5. The Morgan fingerprint density at radius 3 is 2.79 bits per heavy atom. The monoisotopic (exact) mass is 324 g/mol. The molecule has 0 radical (unpaired) electrons. The van der Waals surface area contributed by atoms with E-state index < -0.39 is 0 Å². The Labute approximate surface area is 142 Å². The van der Waals surface area contributed by atoms with Crippen LogP contribution in [0.4, 0.5) is 0 Å². The van der Waals surface area contributed by atoms with Crippen molar-refractivity contribution in [3.63, 3.8) is 0 Å². The van der Waals surface area contributed by atoms with Crippen molar-refractivity contribution in [3.05, 3.63) is 41.7 Å². The Morgan fingerprint density at radius 1 is 1.21 bits per heavy atom. The lowest BCUT2D eigenvalue weighted by molar-refractivity contribution is 0.227. The highest BCUT2D eigenvalue weighted by atomic mass is 15.3. The molecule has 0 aliphatic carbocycles. The normalized spacial score (nSPS) is 18.7. The second-order valence-electron chi connectivity index (χ2n) is 6.55. The highest BCUT2D eigenvalue weighted by Gasteiger charge is 2.31. The van der Waals surface area contributed by atoms with Crippen molar-refractivity contribution in [1.82, 2.24) is 29.2 Å². The zero-order valence-electron chi connectivity index (χ0n) is 14.6. The molecule has 24 heavy (non-hydrogen) atoms. The lowest BCUT2D eigenvalue weighted by atomic mass is 10.2. The van der Waals surface area contributed by atoms with E-state index in [-0.39, 0.29) is 0 Å². The molecule has 6 heteroatoms. The molecular formula is C18H24N6. The molecule has 0 bridgehead atoms. The number of rotatable bonds is 4. The third-order valence-corrected chi connectivity index (χ3v) is 5.19. The number of para-hydroxylation sites is 2. The zero-order chi connectivity index (χ0) is 16.7. The predicted molar refractivity (Wildman–Crippen MR) is 93.5 cm³/mol. The number of imidazole rings is 1. The van der Waals surface area contributed by atoms with Gasteiger partial charge in [0.1, 0.15) is 17.5 Å². The molecule has 1 fully saturated rings. The number of benzene rings is 1. The van der Waals surface area contributed by atoms with E-state index in [9.17, 15) is 0 Å². The van der Waals surface area contributed by atoms with Crippen LogP contribution in [0.25, 0.3) is 11.0 Å². The average molecular weight is 324 g/mol. The average Bonchev–Trinajstić information content (AvgIpc) is 3.28. The zero-order valence-corrected chi connectivity index (χ0v) is 14.6. The summed E-state index contributed by atoms with van der Waals surface area (Å²) in [4.78, 5) is 7.46. The van der Waals surface area contributed by atoms with Crippen molar-refractivity contribution < 1.29 is 0 Å². The molecule has 3 aromatic rings. The van der Waals surface area contributed by atoms with Gasteiger partial charge in [-0.1, -0.05) is 12.1 Å². The molecular weight excluding hydrogens is 300 g/mol. The fourth-order valence-corrected chi connectivity index (χ4v) is 3.76. The molecule has 126 valence electrons. The van der Waals surface area contributed by atoms with Crippen LogP contribution in [-0.2, 0) is 20.1 Å². The Hall–Kier alpha value is -2.21. The van der Waals surface area contributed by atoms with Crippen LogP contribution in [0.3, 0.4) is 0 Å². The minimum Gasteiger partial charge on any atom is -0.327 e. The Bertz CT molecular complexity index is 862. The molecule has 0 amide bonds. The van der Waals surface area contributed by atoms with Gasteiger partial charge in [-0.2, -0.15) is 0 Å². The van der Waals surface area contributed by atoms with Gasteiger partial charge in [0.05, 0.1) is 23.6 Å². The number of likely N-dealkylation sites (tertiary alicyclic amines) is 1. The van der Waals surface area contributed by atoms with Gasteiger partial charge in [-0.15, -0.1) is 10.2 Å². The van der Waals surface area contributed by atoms with E-state index in [1.165, 1.54) is 17.8 Å². The van der Waals surface area contributed by atoms with Crippen molar-refractivity contribution in [2.24, 2.45) is 7.05 Å². The summed E-state index contributed by atoms with van der Waals surface area (Å²) in [5.74, 6) is 3.18. The van der Waals surface area contributed by atoms with Gasteiger partial charge in [-0.25, -0.2) is 4.98 Å². The molecule has 1 aromatic carbocycles. The standard InChI is InChI=1S/C18H24N6/c1-4-24-15-9-6-5-8-14(15)19-18(24)16-10-7-11-23(16)12-17-21-20-13(2)22(17)3/h5-6,8-9,16H,4,7,10-12H2,1-3H3/t16-/m0/s1. The van der Waals surface area contributed by atoms with E-state index in [1.54, 1.807) is 0 Å². The van der Waals surface area contributed by atoms with Crippen molar-refractivity contribution in [2.45, 2.75) is 45.8 Å². The van der Waals surface area contributed by atoms with Crippen LogP contribution in [0.2, 0.25) is 0 Å². The summed E-state index contributed by atoms with van der Waals surface area (Å²) in [6.07, 6.45) is 2.36. The van der Waals surface area contributed by atoms with E-state index in [2.05, 4.69) is 55.4 Å². The fourth-order valence-electron chi connectivity index (χ4n) is 3.76. The molecule has 3 heterocycles. The lowest BCUT2D eigenvalue weighted by Gasteiger charge is -2.24. The van der Waals surface area contributed by atoms with Crippen LogP contribution in [0.5, 0.6) is 0 Å². The molecule has 0 N–H and O–H groups in total. The topological polar surface area (TPSA) is 51.8 Å². The lowest BCUT2D eigenvalue weighted by Crippen LogP contribution is -2.26. The van der Waals surface area contributed by atoms with Crippen molar-refractivity contribution in [3.8, 4) is 0 Å². The molecule has 0 saturated carbocycles. The molecule has 0 spiro atoms. The first-order chi connectivity index (χ1) is 11.7. The predicted octanol–water partition coefficient (Wildman–Crippen LogP) is 2.83. The Balaban J connectivity index is 1.69. The molecule has 1 aliphatic heterocycles. The van der Waals surface area contributed by atoms with E-state index in [0.717, 1.165) is 43.2 Å². The van der Waals surface area contributed by atoms with E-state index in [0.29, 0.717) is 6.04 Å². The van der Waals surface area contributed by atoms with Gasteiger partial charge < -0.3 is 9.13 Å². The number of fused-ring (bicyclic) bond motifs is 1. The maximum absolute atomic E-state index is 4.96. The second kappa shape index (κ2) is 6.02. The number of aryl methyl sites for hydroxylation is 2. The minimum absolute atomic E-state index is 0.356. The summed E-state index contributed by atoms with van der Waals surface area (Å²) in [6.45, 7) is 7.05. The molecule has 1 aliphatic rings. The number of hydrogen-bond acceptors (Lipinski definition) is 4. The summed E-state index contributed by atoms with van der Waals surface area (Å²) in [5.41, 5.74) is 2.33. The van der Waals surface area contributed by atoms with Crippen LogP contribution in [0, 0.1) is 6.92 Å². The van der Waals surface area contributed by atoms with Crippen LogP contribution in [0.15, 0.2) is 24.3 Å². The third kappa shape index (κ3) is 2.41. The molecule has 0 unspecified atom stereocenters. The molecule has 1 saturated heterocycles. The fraction of sp³-hybridized carbons (Fsp3) is 0.500. The van der Waals surface area contributed by atoms with Crippen LogP contribution in [-0.4, -0.2) is 35.8 Å². The highest BCUT2D eigenvalue weighted by molar-refractivity contribution is 5.76. The van der Waals surface area contributed by atoms with Crippen molar-refractivity contribution in [1.29, 1.82) is 0 Å². The van der Waals surface area contributed by atoms with Crippen molar-refractivity contribution >= 4 is 11.0 Å². The first-order valence-corrected chi connectivity index (χ1v) is 8.73. The molecule has 1 atom stereocenters. The van der Waals surface area contributed by atoms with Gasteiger partial charge in [0.15, 0.2) is 0 Å². The molecule has 2 aromatic heterocycles. The number of nitrogens with zero attached hydrogens (tertiary/aromatic N) is 6. The summed E-state index contributed by atoms with van der Waals surface area (Å²) >= 11 is 0. The maximum Gasteiger partial charge on any atom is 0.146 e. The van der Waals surface area contributed by atoms with Gasteiger partial charge in [0.25, 0.3) is 0 Å². The van der Waals surface area contributed by atoms with Gasteiger partial charge in [-0.05, 0) is 45.4 Å². The largest absolute Gasteiger partial charge is 0.327 e. The SMILES string of the molecule is CCn1c([C@@H]2CCCN2Cc2nnc(C)n2C)nc2ccccc21. The van der Waals surface area contributed by atoms with Gasteiger partial charge in [-0.3, -0.25) is 4.90 Å². The molecule has 6 nitrogen and oxygen atoms in total. The minimum atomic E-state index is 0.356. The van der Waals surface area contributed by atoms with Crippen LogP contribution in [0.1, 0.15) is 43.3 Å². The second-order valence-corrected chi connectivity index (χ2v) is 6.55. The van der Waals surface area contributed by atoms with E-state index in [4.69, 9.17) is 4.98 Å². The maximum atomic E-state index is 4.96. The van der Waals surface area contributed by atoms with Crippen LogP contribution < -0.4 is 0 Å². The van der Waals surface area contributed by atoms with Gasteiger partial charge >= 0.3 is 0 Å². The summed E-state index contributed by atoms with van der Waals surface area (Å²) < 4.78 is 4.44. The van der Waals surface area contributed by atoms with Crippen LogP contribution >= 0.6 is 0 Å². The first-order valence-electron chi connectivity index (χ1n) is 8.73. The smallest absolute Gasteiger partial charge is 0.146 e. The quantitative estimate of drug-likeness (QED) is 0.740. The summed E-state index contributed by atoms with van der Waals surface area (Å²) in [7, 11) is 2.04. The molecule has 4 rings (SSSR count). The first kappa shape index (κ1) is 15.3.